The molecule has 4 heteroatoms. The lowest BCUT2D eigenvalue weighted by atomic mass is 10.0. The first-order valence-corrected chi connectivity index (χ1v) is 6.34. The number of pyridine rings is 1. The lowest BCUT2D eigenvalue weighted by molar-refractivity contribution is 0.126. The van der Waals surface area contributed by atoms with Gasteiger partial charge in [0.05, 0.1) is 6.61 Å². The van der Waals surface area contributed by atoms with Crippen LogP contribution in [0.25, 0.3) is 0 Å². The van der Waals surface area contributed by atoms with E-state index in [2.05, 4.69) is 22.9 Å². The van der Waals surface area contributed by atoms with Crippen LogP contribution in [0, 0.1) is 0 Å². The smallest absolute Gasteiger partial charge is 0.132 e. The van der Waals surface area contributed by atoms with Gasteiger partial charge in [-0.2, -0.15) is 0 Å². The molecular formula is C13H21N3O. The number of hydrogen-bond donors (Lipinski definition) is 1. The van der Waals surface area contributed by atoms with Gasteiger partial charge in [0, 0.05) is 25.2 Å². The van der Waals surface area contributed by atoms with E-state index in [4.69, 9.17) is 10.7 Å². The van der Waals surface area contributed by atoms with E-state index in [9.17, 15) is 0 Å². The fourth-order valence-electron chi connectivity index (χ4n) is 2.40. The molecule has 0 spiro atoms. The van der Waals surface area contributed by atoms with Crippen molar-refractivity contribution in [2.75, 3.05) is 24.6 Å². The van der Waals surface area contributed by atoms with Crippen molar-refractivity contribution in [3.05, 3.63) is 23.9 Å². The van der Waals surface area contributed by atoms with Gasteiger partial charge in [-0.25, -0.2) is 10.9 Å². The summed E-state index contributed by atoms with van der Waals surface area (Å²) in [6.45, 7) is 4.88. The fourth-order valence-corrected chi connectivity index (χ4v) is 2.40. The van der Waals surface area contributed by atoms with Gasteiger partial charge in [-0.15, -0.1) is 0 Å². The van der Waals surface area contributed by atoms with E-state index in [-0.39, 0.29) is 5.92 Å². The van der Waals surface area contributed by atoms with Crippen LogP contribution in [0.4, 0.5) is 5.82 Å². The van der Waals surface area contributed by atoms with E-state index in [1.807, 2.05) is 12.3 Å². The quantitative estimate of drug-likeness (QED) is 0.812. The largest absolute Gasteiger partial charge is 0.356 e. The molecular weight excluding hydrogens is 214 g/mol. The third-order valence-corrected chi connectivity index (χ3v) is 3.35. The van der Waals surface area contributed by atoms with Crippen molar-refractivity contribution in [3.63, 3.8) is 0 Å². The first-order chi connectivity index (χ1) is 8.33. The van der Waals surface area contributed by atoms with Gasteiger partial charge in [-0.1, -0.05) is 13.0 Å². The number of rotatable bonds is 4. The van der Waals surface area contributed by atoms with E-state index < -0.39 is 0 Å². The monoisotopic (exact) mass is 235 g/mol. The van der Waals surface area contributed by atoms with Gasteiger partial charge >= 0.3 is 0 Å². The van der Waals surface area contributed by atoms with Gasteiger partial charge in [-0.05, 0) is 30.9 Å². The zero-order chi connectivity index (χ0) is 12.1. The highest BCUT2D eigenvalue weighted by atomic mass is 16.6. The number of aromatic nitrogens is 1. The molecule has 2 N–H and O–H groups in total. The van der Waals surface area contributed by atoms with E-state index >= 15 is 0 Å². The number of anilines is 1. The summed E-state index contributed by atoms with van der Waals surface area (Å²) in [4.78, 5) is 11.7. The Morgan fingerprint density at radius 3 is 2.88 bits per heavy atom. The molecule has 1 aliphatic rings. The summed E-state index contributed by atoms with van der Waals surface area (Å²) in [5.74, 6) is 6.55. The van der Waals surface area contributed by atoms with Crippen molar-refractivity contribution in [1.29, 1.82) is 0 Å². The molecule has 0 radical (unpaired) electrons. The number of nitrogens with two attached hydrogens (primary N) is 1. The summed E-state index contributed by atoms with van der Waals surface area (Å²) in [6.07, 6.45) is 5.72. The van der Waals surface area contributed by atoms with Crippen molar-refractivity contribution in [2.45, 2.75) is 32.1 Å². The molecule has 1 atom stereocenters. The van der Waals surface area contributed by atoms with Crippen LogP contribution < -0.4 is 10.8 Å². The fraction of sp³-hybridized carbons (Fsp3) is 0.615. The maximum atomic E-state index is 5.16. The van der Waals surface area contributed by atoms with E-state index in [0.29, 0.717) is 6.61 Å². The molecule has 0 amide bonds. The Labute approximate surface area is 103 Å². The Balaban J connectivity index is 2.19. The molecule has 0 bridgehead atoms. The summed E-state index contributed by atoms with van der Waals surface area (Å²) >= 11 is 0. The van der Waals surface area contributed by atoms with Crippen molar-refractivity contribution in [2.24, 2.45) is 5.90 Å². The van der Waals surface area contributed by atoms with E-state index in [1.165, 1.54) is 24.8 Å². The molecule has 0 aliphatic carbocycles. The highest BCUT2D eigenvalue weighted by Crippen LogP contribution is 2.27. The zero-order valence-corrected chi connectivity index (χ0v) is 10.4. The molecule has 1 aliphatic heterocycles. The third kappa shape index (κ3) is 2.96. The molecule has 1 fully saturated rings. The van der Waals surface area contributed by atoms with Crippen LogP contribution in [0.5, 0.6) is 0 Å². The Morgan fingerprint density at radius 2 is 2.18 bits per heavy atom. The number of piperidine rings is 1. The van der Waals surface area contributed by atoms with Crippen LogP contribution in [0.3, 0.4) is 0 Å². The van der Waals surface area contributed by atoms with Crippen LogP contribution in [0.1, 0.15) is 37.7 Å². The van der Waals surface area contributed by atoms with E-state index in [0.717, 1.165) is 18.9 Å². The minimum Gasteiger partial charge on any atom is -0.356 e. The third-order valence-electron chi connectivity index (χ3n) is 3.35. The molecule has 0 aromatic carbocycles. The van der Waals surface area contributed by atoms with E-state index in [1.54, 1.807) is 0 Å². The molecule has 94 valence electrons. The summed E-state index contributed by atoms with van der Waals surface area (Å²) in [5, 5.41) is 0. The maximum absolute atomic E-state index is 5.16. The lowest BCUT2D eigenvalue weighted by Gasteiger charge is -2.30. The summed E-state index contributed by atoms with van der Waals surface area (Å²) in [6, 6.07) is 4.11. The lowest BCUT2D eigenvalue weighted by Crippen LogP contribution is -2.31. The zero-order valence-electron chi connectivity index (χ0n) is 10.4. The van der Waals surface area contributed by atoms with Crippen LogP contribution in [-0.2, 0) is 4.84 Å². The maximum Gasteiger partial charge on any atom is 0.132 e. The molecule has 1 aromatic rings. The Morgan fingerprint density at radius 1 is 1.41 bits per heavy atom. The average Bonchev–Trinajstić information content (AvgIpc) is 2.40. The van der Waals surface area contributed by atoms with Crippen molar-refractivity contribution < 1.29 is 4.84 Å². The van der Waals surface area contributed by atoms with Crippen LogP contribution >= 0.6 is 0 Å². The average molecular weight is 235 g/mol. The van der Waals surface area contributed by atoms with Crippen molar-refractivity contribution in [1.82, 2.24) is 4.98 Å². The number of nitrogens with zero attached hydrogens (tertiary/aromatic N) is 2. The van der Waals surface area contributed by atoms with Crippen LogP contribution in [0.15, 0.2) is 18.3 Å². The second-order valence-electron chi connectivity index (χ2n) is 4.70. The molecule has 1 aromatic heterocycles. The summed E-state index contributed by atoms with van der Waals surface area (Å²) in [5.41, 5.74) is 1.24. The van der Waals surface area contributed by atoms with Crippen molar-refractivity contribution in [3.8, 4) is 0 Å². The van der Waals surface area contributed by atoms with Crippen molar-refractivity contribution >= 4 is 5.82 Å². The molecule has 1 saturated heterocycles. The Kier molecular flexibility index (Phi) is 4.34. The van der Waals surface area contributed by atoms with Gasteiger partial charge in [0.25, 0.3) is 0 Å². The molecule has 2 rings (SSSR count). The predicted octanol–water partition coefficient (Wildman–Crippen LogP) is 2.07. The van der Waals surface area contributed by atoms with Gasteiger partial charge < -0.3 is 9.74 Å². The predicted molar refractivity (Wildman–Crippen MR) is 68.9 cm³/mol. The topological polar surface area (TPSA) is 51.4 Å². The van der Waals surface area contributed by atoms with Gasteiger partial charge in [0.1, 0.15) is 5.82 Å². The minimum absolute atomic E-state index is 0.283. The summed E-state index contributed by atoms with van der Waals surface area (Å²) in [7, 11) is 0. The Bertz CT molecular complexity index is 350. The number of hydrogen-bond acceptors (Lipinski definition) is 4. The highest BCUT2D eigenvalue weighted by Gasteiger charge is 2.18. The van der Waals surface area contributed by atoms with Gasteiger partial charge in [-0.3, -0.25) is 0 Å². The summed E-state index contributed by atoms with van der Waals surface area (Å²) < 4.78 is 0. The minimum atomic E-state index is 0.283. The second-order valence-corrected chi connectivity index (χ2v) is 4.70. The first-order valence-electron chi connectivity index (χ1n) is 6.34. The normalized spacial score (nSPS) is 18.1. The molecule has 1 unspecified atom stereocenters. The molecule has 17 heavy (non-hydrogen) atoms. The van der Waals surface area contributed by atoms with Gasteiger partial charge in [0.2, 0.25) is 0 Å². The van der Waals surface area contributed by atoms with Gasteiger partial charge in [0.15, 0.2) is 0 Å². The van der Waals surface area contributed by atoms with Crippen LogP contribution in [0.2, 0.25) is 0 Å². The highest BCUT2D eigenvalue weighted by molar-refractivity contribution is 5.48. The second kappa shape index (κ2) is 5.98. The molecule has 0 saturated carbocycles. The molecule has 4 nitrogen and oxygen atoms in total. The standard InChI is InChI=1S/C13H21N3O/c1-11(10-17-14)12-6-5-7-15-13(12)16-8-3-2-4-9-16/h5-7,11H,2-4,8-10,14H2,1H3. The molecule has 2 heterocycles. The Hall–Kier alpha value is -1.13. The first kappa shape index (κ1) is 12.3. The SMILES string of the molecule is CC(CON)c1cccnc1N1CCCCC1. The van der Waals surface area contributed by atoms with Crippen LogP contribution in [-0.4, -0.2) is 24.7 Å².